The Morgan fingerprint density at radius 3 is 2.77 bits per heavy atom. The summed E-state index contributed by atoms with van der Waals surface area (Å²) in [6.45, 7) is 2.81. The lowest BCUT2D eigenvalue weighted by molar-refractivity contribution is 0.0976. The lowest BCUT2D eigenvalue weighted by Gasteiger charge is -2.16. The minimum Gasteiger partial charge on any atom is -0.496 e. The van der Waals surface area contributed by atoms with Gasteiger partial charge >= 0.3 is 0 Å². The van der Waals surface area contributed by atoms with Crippen LogP contribution in [0.3, 0.4) is 0 Å². The van der Waals surface area contributed by atoms with E-state index in [4.69, 9.17) is 10.00 Å². The average Bonchev–Trinajstić information content (AvgIpc) is 2.83. The summed E-state index contributed by atoms with van der Waals surface area (Å²) >= 11 is 0. The van der Waals surface area contributed by atoms with Gasteiger partial charge in [-0.3, -0.25) is 9.78 Å². The van der Waals surface area contributed by atoms with Crippen molar-refractivity contribution in [3.8, 4) is 23.1 Å². The smallest absolute Gasteiger partial charge is 0.181 e. The van der Waals surface area contributed by atoms with Crippen LogP contribution in [0, 0.1) is 11.3 Å². The first-order valence-electron chi connectivity index (χ1n) is 10.2. The normalized spacial score (nSPS) is 11.4. The molecule has 0 unspecified atom stereocenters. The topological polar surface area (TPSA) is 101 Å². The number of methoxy groups -OCH3 is 1. The molecule has 2 heterocycles. The third-order valence-electron chi connectivity index (χ3n) is 4.96. The number of rotatable bonds is 10. The van der Waals surface area contributed by atoms with Gasteiger partial charge < -0.3 is 10.1 Å². The molecule has 3 rings (SSSR count). The Hall–Kier alpha value is -3.79. The maximum atomic E-state index is 12.1. The molecule has 1 aromatic carbocycles. The molecule has 7 heteroatoms. The molecule has 0 fully saturated rings. The van der Waals surface area contributed by atoms with Gasteiger partial charge in [0, 0.05) is 43.1 Å². The molecule has 0 radical (unpaired) electrons. The number of benzene rings is 1. The lowest BCUT2D eigenvalue weighted by Crippen LogP contribution is -2.12. The summed E-state index contributed by atoms with van der Waals surface area (Å²) in [6.07, 6.45) is 4.39. The third kappa shape index (κ3) is 5.86. The Bertz CT molecular complexity index is 1060. The van der Waals surface area contributed by atoms with Crippen molar-refractivity contribution in [2.24, 2.45) is 0 Å². The Kier molecular flexibility index (Phi) is 7.66. The van der Waals surface area contributed by atoms with Crippen LogP contribution >= 0.6 is 0 Å². The molecule has 0 amide bonds. The van der Waals surface area contributed by atoms with E-state index in [2.05, 4.69) is 33.3 Å². The lowest BCUT2D eigenvalue weighted by atomic mass is 10.00. The first kappa shape index (κ1) is 21.9. The van der Waals surface area contributed by atoms with Gasteiger partial charge in [-0.1, -0.05) is 25.1 Å². The molecule has 31 heavy (non-hydrogen) atoms. The number of carbonyl (C=O) groups excluding carboxylic acids is 1. The summed E-state index contributed by atoms with van der Waals surface area (Å²) in [5.74, 6) is 1.75. The standard InChI is InChI=1S/C24H25N5O2/c1-17(19-7-3-4-9-23(19)31-2)14-27-24-13-21(28-16-29-24)18-10-11-20(26-15-18)22(30)8-5-6-12-25/h3-4,7,9-11,13,15-17H,5-6,8,14H2,1-2H3,(H,27,28,29)/t17-/m1/s1. The van der Waals surface area contributed by atoms with Crippen LogP contribution in [-0.4, -0.2) is 34.4 Å². The van der Waals surface area contributed by atoms with Crippen molar-refractivity contribution < 1.29 is 9.53 Å². The molecule has 1 N–H and O–H groups in total. The fourth-order valence-electron chi connectivity index (χ4n) is 3.22. The molecule has 0 aliphatic carbocycles. The molecule has 1 atom stereocenters. The van der Waals surface area contributed by atoms with Crippen LogP contribution < -0.4 is 10.1 Å². The van der Waals surface area contributed by atoms with Gasteiger partial charge in [0.15, 0.2) is 5.78 Å². The number of hydrogen-bond donors (Lipinski definition) is 1. The van der Waals surface area contributed by atoms with Gasteiger partial charge in [-0.15, -0.1) is 0 Å². The van der Waals surface area contributed by atoms with Crippen LogP contribution in [0.15, 0.2) is 55.0 Å². The van der Waals surface area contributed by atoms with Gasteiger partial charge in [-0.05, 0) is 30.2 Å². The van der Waals surface area contributed by atoms with Crippen molar-refractivity contribution in [2.45, 2.75) is 32.1 Å². The molecule has 7 nitrogen and oxygen atoms in total. The van der Waals surface area contributed by atoms with Crippen LogP contribution in [0.4, 0.5) is 5.82 Å². The van der Waals surface area contributed by atoms with Gasteiger partial charge in [0.25, 0.3) is 0 Å². The first-order chi connectivity index (χ1) is 15.1. The van der Waals surface area contributed by atoms with Crippen molar-refractivity contribution >= 4 is 11.6 Å². The van der Waals surface area contributed by atoms with E-state index in [0.29, 0.717) is 37.3 Å². The summed E-state index contributed by atoms with van der Waals surface area (Å²) in [4.78, 5) is 25.0. The van der Waals surface area contributed by atoms with Crippen LogP contribution in [0.1, 0.15) is 48.2 Å². The number of carbonyl (C=O) groups is 1. The Morgan fingerprint density at radius 2 is 2.03 bits per heavy atom. The monoisotopic (exact) mass is 415 g/mol. The maximum absolute atomic E-state index is 12.1. The number of nitrogens with one attached hydrogen (secondary N) is 1. The molecule has 0 aliphatic rings. The summed E-state index contributed by atoms with van der Waals surface area (Å²) in [7, 11) is 1.68. The number of pyridine rings is 1. The minimum atomic E-state index is -0.0582. The fraction of sp³-hybridized carbons (Fsp3) is 0.292. The van der Waals surface area contributed by atoms with Crippen LogP contribution in [0.5, 0.6) is 5.75 Å². The van der Waals surface area contributed by atoms with Gasteiger partial charge in [0.05, 0.1) is 18.9 Å². The summed E-state index contributed by atoms with van der Waals surface area (Å²) in [5, 5.41) is 11.9. The fourth-order valence-corrected chi connectivity index (χ4v) is 3.22. The summed E-state index contributed by atoms with van der Waals surface area (Å²) in [6, 6.07) is 15.4. The third-order valence-corrected chi connectivity index (χ3v) is 4.96. The molecule has 158 valence electrons. The van der Waals surface area contributed by atoms with Crippen molar-refractivity contribution in [3.05, 3.63) is 66.2 Å². The number of para-hydroxylation sites is 1. The van der Waals surface area contributed by atoms with E-state index in [1.165, 1.54) is 6.33 Å². The molecule has 0 bridgehead atoms. The molecule has 0 aliphatic heterocycles. The number of aromatic nitrogens is 3. The zero-order valence-corrected chi connectivity index (χ0v) is 17.7. The predicted molar refractivity (Wildman–Crippen MR) is 119 cm³/mol. The van der Waals surface area contributed by atoms with Crippen molar-refractivity contribution in [3.63, 3.8) is 0 Å². The second-order valence-corrected chi connectivity index (χ2v) is 7.18. The van der Waals surface area contributed by atoms with E-state index in [1.807, 2.05) is 36.4 Å². The predicted octanol–water partition coefficient (Wildman–Crippen LogP) is 4.64. The highest BCUT2D eigenvalue weighted by molar-refractivity contribution is 5.94. The number of hydrogen-bond acceptors (Lipinski definition) is 7. The molecule has 0 saturated carbocycles. The minimum absolute atomic E-state index is 0.0582. The van der Waals surface area contributed by atoms with E-state index in [0.717, 1.165) is 22.6 Å². The van der Waals surface area contributed by atoms with Crippen LogP contribution in [0.25, 0.3) is 11.3 Å². The number of Topliss-reactive ketones (excluding diaryl/α,β-unsaturated/α-hetero) is 1. The Balaban J connectivity index is 1.65. The number of nitriles is 1. The SMILES string of the molecule is COc1ccccc1[C@H](C)CNc1cc(-c2ccc(C(=O)CCCC#N)nc2)ncn1. The van der Waals surface area contributed by atoms with E-state index >= 15 is 0 Å². The summed E-state index contributed by atoms with van der Waals surface area (Å²) in [5.41, 5.74) is 3.06. The quantitative estimate of drug-likeness (QED) is 0.380. The van der Waals surface area contributed by atoms with Crippen LogP contribution in [-0.2, 0) is 0 Å². The van der Waals surface area contributed by atoms with Crippen LogP contribution in [0.2, 0.25) is 0 Å². The zero-order chi connectivity index (χ0) is 22.1. The van der Waals surface area contributed by atoms with Crippen molar-refractivity contribution in [2.75, 3.05) is 19.0 Å². The average molecular weight is 415 g/mol. The van der Waals surface area contributed by atoms with Gasteiger partial charge in [0.2, 0.25) is 0 Å². The number of anilines is 1. The highest BCUT2D eigenvalue weighted by Gasteiger charge is 2.12. The first-order valence-corrected chi connectivity index (χ1v) is 10.2. The molecule has 3 aromatic rings. The molecule has 0 saturated heterocycles. The maximum Gasteiger partial charge on any atom is 0.181 e. The van der Waals surface area contributed by atoms with Crippen molar-refractivity contribution in [1.29, 1.82) is 5.26 Å². The van der Waals surface area contributed by atoms with E-state index < -0.39 is 0 Å². The highest BCUT2D eigenvalue weighted by atomic mass is 16.5. The Morgan fingerprint density at radius 1 is 1.19 bits per heavy atom. The molecular weight excluding hydrogens is 390 g/mol. The van der Waals surface area contributed by atoms with E-state index in [1.54, 1.807) is 19.4 Å². The molecular formula is C24H25N5O2. The van der Waals surface area contributed by atoms with Gasteiger partial charge in [0.1, 0.15) is 23.6 Å². The molecule has 2 aromatic heterocycles. The van der Waals surface area contributed by atoms with E-state index in [-0.39, 0.29) is 11.7 Å². The molecule has 0 spiro atoms. The largest absolute Gasteiger partial charge is 0.496 e. The number of ketones is 1. The van der Waals surface area contributed by atoms with Gasteiger partial charge in [-0.2, -0.15) is 5.26 Å². The van der Waals surface area contributed by atoms with Crippen molar-refractivity contribution in [1.82, 2.24) is 15.0 Å². The summed E-state index contributed by atoms with van der Waals surface area (Å²) < 4.78 is 5.45. The number of ether oxygens (including phenoxy) is 1. The van der Waals surface area contributed by atoms with E-state index in [9.17, 15) is 4.79 Å². The zero-order valence-electron chi connectivity index (χ0n) is 17.7. The second-order valence-electron chi connectivity index (χ2n) is 7.18. The number of unbranched alkanes of at least 4 members (excludes halogenated alkanes) is 1. The second kappa shape index (κ2) is 10.8. The Labute approximate surface area is 182 Å². The number of nitrogens with zero attached hydrogens (tertiary/aromatic N) is 4. The highest BCUT2D eigenvalue weighted by Crippen LogP contribution is 2.26. The van der Waals surface area contributed by atoms with Gasteiger partial charge in [-0.25, -0.2) is 9.97 Å².